The fourth-order valence-corrected chi connectivity index (χ4v) is 1.88. The molecule has 60 valence electrons. The third-order valence-corrected chi connectivity index (χ3v) is 2.53. The van der Waals surface area contributed by atoms with Gasteiger partial charge in [-0.05, 0) is 37.8 Å². The Kier molecular flexibility index (Phi) is 2.08. The van der Waals surface area contributed by atoms with Crippen LogP contribution in [0, 0.1) is 0 Å². The Hall–Kier alpha value is -0.560. The van der Waals surface area contributed by atoms with Crippen molar-refractivity contribution in [2.24, 2.45) is 0 Å². The largest absolute Gasteiger partial charge is 0.313 e. The summed E-state index contributed by atoms with van der Waals surface area (Å²) in [5.41, 5.74) is 3.27. The summed E-state index contributed by atoms with van der Waals surface area (Å²) in [6.07, 6.45) is 9.83. The second kappa shape index (κ2) is 3.22. The highest BCUT2D eigenvalue weighted by atomic mass is 14.8. The molecule has 1 N–H and O–H groups in total. The fraction of sp³-hybridized carbons (Fsp3) is 0.600. The summed E-state index contributed by atoms with van der Waals surface area (Å²) >= 11 is 0. The van der Waals surface area contributed by atoms with Crippen LogP contribution in [0.25, 0.3) is 0 Å². The maximum Gasteiger partial charge on any atom is 0.0204 e. The molecule has 1 heteroatoms. The van der Waals surface area contributed by atoms with Crippen LogP contribution in [0.4, 0.5) is 0 Å². The van der Waals surface area contributed by atoms with Gasteiger partial charge in [0, 0.05) is 6.54 Å². The second-order valence-electron chi connectivity index (χ2n) is 3.35. The first kappa shape index (κ1) is 7.11. The Morgan fingerprint density at radius 2 is 2.27 bits per heavy atom. The molecular weight excluding hydrogens is 134 g/mol. The summed E-state index contributed by atoms with van der Waals surface area (Å²) in [5, 5.41) is 3.44. The average molecular weight is 149 g/mol. The molecule has 0 saturated heterocycles. The summed E-state index contributed by atoms with van der Waals surface area (Å²) in [6, 6.07) is 0. The van der Waals surface area contributed by atoms with Crippen molar-refractivity contribution in [3.05, 3.63) is 23.3 Å². The molecule has 0 unspecified atom stereocenters. The summed E-state index contributed by atoms with van der Waals surface area (Å²) in [6.45, 7) is 2.30. The van der Waals surface area contributed by atoms with Crippen LogP contribution in [0.5, 0.6) is 0 Å². The SMILES string of the molecule is C1=CC2=C(CC1)CCCNC2. The van der Waals surface area contributed by atoms with E-state index in [0.29, 0.717) is 0 Å². The van der Waals surface area contributed by atoms with Crippen molar-refractivity contribution in [3.8, 4) is 0 Å². The molecule has 1 heterocycles. The van der Waals surface area contributed by atoms with Gasteiger partial charge in [-0.25, -0.2) is 0 Å². The highest BCUT2D eigenvalue weighted by Gasteiger charge is 2.10. The van der Waals surface area contributed by atoms with Gasteiger partial charge in [-0.1, -0.05) is 17.7 Å². The first-order chi connectivity index (χ1) is 5.47. The average Bonchev–Trinajstić information content (AvgIpc) is 2.28. The Labute approximate surface area is 68.2 Å². The molecule has 0 fully saturated rings. The Morgan fingerprint density at radius 1 is 1.27 bits per heavy atom. The van der Waals surface area contributed by atoms with Crippen molar-refractivity contribution in [1.29, 1.82) is 0 Å². The molecule has 2 aliphatic rings. The molecule has 1 aliphatic heterocycles. The van der Waals surface area contributed by atoms with Gasteiger partial charge in [-0.2, -0.15) is 0 Å². The van der Waals surface area contributed by atoms with Crippen molar-refractivity contribution in [2.75, 3.05) is 13.1 Å². The highest BCUT2D eigenvalue weighted by molar-refractivity contribution is 5.31. The predicted octanol–water partition coefficient (Wildman–Crippen LogP) is 2.02. The van der Waals surface area contributed by atoms with Crippen LogP contribution in [0.1, 0.15) is 25.7 Å². The van der Waals surface area contributed by atoms with Crippen LogP contribution in [0.15, 0.2) is 23.3 Å². The first-order valence-electron chi connectivity index (χ1n) is 4.55. The lowest BCUT2D eigenvalue weighted by Gasteiger charge is -2.12. The number of nitrogens with one attached hydrogen (secondary N) is 1. The topological polar surface area (TPSA) is 12.0 Å². The third kappa shape index (κ3) is 1.54. The molecule has 2 rings (SSSR count). The molecule has 0 aromatic rings. The molecule has 0 atom stereocenters. The quantitative estimate of drug-likeness (QED) is 0.555. The van der Waals surface area contributed by atoms with Crippen molar-refractivity contribution in [2.45, 2.75) is 25.7 Å². The molecule has 1 aliphatic carbocycles. The van der Waals surface area contributed by atoms with Gasteiger partial charge in [0.05, 0.1) is 0 Å². The van der Waals surface area contributed by atoms with Crippen LogP contribution in [-0.2, 0) is 0 Å². The molecule has 0 spiro atoms. The van der Waals surface area contributed by atoms with E-state index in [1.807, 2.05) is 0 Å². The zero-order valence-electron chi connectivity index (χ0n) is 6.90. The van der Waals surface area contributed by atoms with Crippen molar-refractivity contribution < 1.29 is 0 Å². The van der Waals surface area contributed by atoms with Gasteiger partial charge in [0.2, 0.25) is 0 Å². The molecule has 0 saturated carbocycles. The predicted molar refractivity (Wildman–Crippen MR) is 47.5 cm³/mol. The van der Waals surface area contributed by atoms with E-state index in [9.17, 15) is 0 Å². The zero-order valence-corrected chi connectivity index (χ0v) is 6.90. The summed E-state index contributed by atoms with van der Waals surface area (Å²) in [5.74, 6) is 0. The number of rotatable bonds is 0. The maximum atomic E-state index is 3.44. The first-order valence-corrected chi connectivity index (χ1v) is 4.55. The summed E-state index contributed by atoms with van der Waals surface area (Å²) in [4.78, 5) is 0. The standard InChI is InChI=1S/C10H15N/c1-2-5-10-8-11-7-3-6-9(10)4-1/h2,5,11H,1,3-4,6-8H2. The van der Waals surface area contributed by atoms with Crippen LogP contribution in [-0.4, -0.2) is 13.1 Å². The Bertz CT molecular complexity index is 201. The van der Waals surface area contributed by atoms with Crippen LogP contribution in [0.3, 0.4) is 0 Å². The molecule has 0 bridgehead atoms. The van der Waals surface area contributed by atoms with E-state index < -0.39 is 0 Å². The van der Waals surface area contributed by atoms with E-state index in [1.54, 1.807) is 11.1 Å². The molecule has 11 heavy (non-hydrogen) atoms. The minimum atomic E-state index is 1.10. The van der Waals surface area contributed by atoms with Gasteiger partial charge in [0.1, 0.15) is 0 Å². The van der Waals surface area contributed by atoms with Crippen LogP contribution >= 0.6 is 0 Å². The minimum absolute atomic E-state index is 1.10. The van der Waals surface area contributed by atoms with Crippen molar-refractivity contribution >= 4 is 0 Å². The molecule has 0 aromatic heterocycles. The number of hydrogen-bond donors (Lipinski definition) is 1. The smallest absolute Gasteiger partial charge is 0.0204 e. The molecule has 0 aromatic carbocycles. The van der Waals surface area contributed by atoms with Gasteiger partial charge < -0.3 is 5.32 Å². The Morgan fingerprint density at radius 3 is 3.27 bits per heavy atom. The molecule has 0 radical (unpaired) electrons. The van der Waals surface area contributed by atoms with Crippen LogP contribution < -0.4 is 5.32 Å². The van der Waals surface area contributed by atoms with Gasteiger partial charge >= 0.3 is 0 Å². The third-order valence-electron chi connectivity index (χ3n) is 2.53. The summed E-state index contributed by atoms with van der Waals surface area (Å²) in [7, 11) is 0. The Balaban J connectivity index is 2.17. The van der Waals surface area contributed by atoms with Gasteiger partial charge in [-0.3, -0.25) is 0 Å². The molecular formula is C10H15N. The van der Waals surface area contributed by atoms with Crippen LogP contribution in [0.2, 0.25) is 0 Å². The fourth-order valence-electron chi connectivity index (χ4n) is 1.88. The zero-order chi connectivity index (χ0) is 7.52. The van der Waals surface area contributed by atoms with E-state index in [2.05, 4.69) is 17.5 Å². The number of hydrogen-bond acceptors (Lipinski definition) is 1. The summed E-state index contributed by atoms with van der Waals surface area (Å²) < 4.78 is 0. The molecule has 0 amide bonds. The second-order valence-corrected chi connectivity index (χ2v) is 3.35. The van der Waals surface area contributed by atoms with E-state index in [1.165, 1.54) is 32.2 Å². The number of allylic oxidation sites excluding steroid dienone is 2. The van der Waals surface area contributed by atoms with Gasteiger partial charge in [-0.15, -0.1) is 0 Å². The van der Waals surface area contributed by atoms with Gasteiger partial charge in [0.15, 0.2) is 0 Å². The van der Waals surface area contributed by atoms with Crippen molar-refractivity contribution in [1.82, 2.24) is 5.32 Å². The normalized spacial score (nSPS) is 24.7. The lowest BCUT2D eigenvalue weighted by atomic mass is 9.95. The van der Waals surface area contributed by atoms with Crippen molar-refractivity contribution in [3.63, 3.8) is 0 Å². The van der Waals surface area contributed by atoms with Gasteiger partial charge in [0.25, 0.3) is 0 Å². The minimum Gasteiger partial charge on any atom is -0.313 e. The van der Waals surface area contributed by atoms with E-state index in [-0.39, 0.29) is 0 Å². The van der Waals surface area contributed by atoms with E-state index in [0.717, 1.165) is 6.54 Å². The monoisotopic (exact) mass is 149 g/mol. The highest BCUT2D eigenvalue weighted by Crippen LogP contribution is 2.23. The maximum absolute atomic E-state index is 3.44. The van der Waals surface area contributed by atoms with E-state index >= 15 is 0 Å². The lowest BCUT2D eigenvalue weighted by Crippen LogP contribution is -2.15. The van der Waals surface area contributed by atoms with E-state index in [4.69, 9.17) is 0 Å². The lowest BCUT2D eigenvalue weighted by molar-refractivity contribution is 0.708. The molecule has 1 nitrogen and oxygen atoms in total.